The molecule has 0 unspecified atom stereocenters. The first-order valence-corrected chi connectivity index (χ1v) is 9.04. The second-order valence-corrected chi connectivity index (χ2v) is 7.27. The van der Waals surface area contributed by atoms with Crippen LogP contribution in [-0.4, -0.2) is 79.1 Å². The first-order chi connectivity index (χ1) is 11.6. The molecule has 0 saturated carbocycles. The number of ether oxygens (including phenoxy) is 1. The van der Waals surface area contributed by atoms with Crippen molar-refractivity contribution >= 4 is 11.9 Å². The Hall–Kier alpha value is -1.40. The van der Waals surface area contributed by atoms with Crippen LogP contribution in [0.25, 0.3) is 0 Å². The van der Waals surface area contributed by atoms with Gasteiger partial charge in [0.2, 0.25) is 0 Å². The van der Waals surface area contributed by atoms with E-state index in [9.17, 15) is 9.59 Å². The van der Waals surface area contributed by atoms with Crippen LogP contribution in [0.1, 0.15) is 32.1 Å². The molecule has 2 aliphatic heterocycles. The van der Waals surface area contributed by atoms with Gasteiger partial charge in [-0.3, -0.25) is 9.69 Å². The maximum Gasteiger partial charge on any atom is 0.327 e. The first kappa shape index (κ1) is 17.4. The van der Waals surface area contributed by atoms with Crippen molar-refractivity contribution in [2.75, 3.05) is 46.9 Å². The number of carbonyl (C=O) groups excluding carboxylic acids is 2. The van der Waals surface area contributed by atoms with E-state index in [2.05, 4.69) is 17.1 Å². The molecule has 24 heavy (non-hydrogen) atoms. The summed E-state index contributed by atoms with van der Waals surface area (Å²) in [6.45, 7) is 3.83. The summed E-state index contributed by atoms with van der Waals surface area (Å²) in [4.78, 5) is 30.7. The van der Waals surface area contributed by atoms with Gasteiger partial charge in [-0.2, -0.15) is 0 Å². The van der Waals surface area contributed by atoms with Gasteiger partial charge in [-0.05, 0) is 38.0 Å². The Bertz CT molecular complexity index is 512. The van der Waals surface area contributed by atoms with E-state index in [1.807, 2.05) is 0 Å². The van der Waals surface area contributed by atoms with Crippen molar-refractivity contribution in [1.82, 2.24) is 14.7 Å². The van der Waals surface area contributed by atoms with Crippen LogP contribution in [0.4, 0.5) is 4.79 Å². The van der Waals surface area contributed by atoms with Crippen molar-refractivity contribution in [2.45, 2.75) is 37.6 Å². The lowest BCUT2D eigenvalue weighted by Crippen LogP contribution is -2.57. The molecule has 0 radical (unpaired) electrons. The summed E-state index contributed by atoms with van der Waals surface area (Å²) < 4.78 is 5.14. The number of amides is 3. The lowest BCUT2D eigenvalue weighted by molar-refractivity contribution is -0.135. The van der Waals surface area contributed by atoms with Gasteiger partial charge in [-0.15, -0.1) is 0 Å². The second kappa shape index (κ2) is 7.23. The highest BCUT2D eigenvalue weighted by Gasteiger charge is 2.56. The number of likely N-dealkylation sites (N-methyl/N-ethyl adjacent to an activating group) is 1. The second-order valence-electron chi connectivity index (χ2n) is 7.27. The quantitative estimate of drug-likeness (QED) is 0.567. The van der Waals surface area contributed by atoms with E-state index in [1.165, 1.54) is 24.2 Å². The van der Waals surface area contributed by atoms with E-state index < -0.39 is 5.54 Å². The minimum Gasteiger partial charge on any atom is -0.383 e. The third-order valence-corrected chi connectivity index (χ3v) is 5.83. The predicted molar refractivity (Wildman–Crippen MR) is 91.6 cm³/mol. The number of carbonyl (C=O) groups is 2. The maximum atomic E-state index is 12.8. The lowest BCUT2D eigenvalue weighted by Gasteiger charge is -2.43. The molecule has 2 fully saturated rings. The number of allylic oxidation sites excluding steroid dienone is 2. The zero-order valence-corrected chi connectivity index (χ0v) is 14.9. The maximum absolute atomic E-state index is 12.8. The monoisotopic (exact) mass is 335 g/mol. The number of piperidine rings is 1. The van der Waals surface area contributed by atoms with Crippen molar-refractivity contribution < 1.29 is 14.3 Å². The van der Waals surface area contributed by atoms with Gasteiger partial charge < -0.3 is 14.5 Å². The summed E-state index contributed by atoms with van der Waals surface area (Å²) in [5.74, 6) is 0.695. The molecule has 3 rings (SSSR count). The van der Waals surface area contributed by atoms with Gasteiger partial charge in [0, 0.05) is 40.3 Å². The van der Waals surface area contributed by atoms with Crippen molar-refractivity contribution in [3.63, 3.8) is 0 Å². The first-order valence-electron chi connectivity index (χ1n) is 9.04. The largest absolute Gasteiger partial charge is 0.383 e. The van der Waals surface area contributed by atoms with E-state index in [4.69, 9.17) is 4.74 Å². The highest BCUT2D eigenvalue weighted by atomic mass is 16.5. The summed E-state index contributed by atoms with van der Waals surface area (Å²) >= 11 is 0. The fourth-order valence-electron chi connectivity index (χ4n) is 4.35. The van der Waals surface area contributed by atoms with E-state index in [-0.39, 0.29) is 11.9 Å². The summed E-state index contributed by atoms with van der Waals surface area (Å²) in [6.07, 6.45) is 9.64. The third-order valence-electron chi connectivity index (χ3n) is 5.83. The number of hydrogen-bond donors (Lipinski definition) is 0. The van der Waals surface area contributed by atoms with Crippen LogP contribution < -0.4 is 0 Å². The molecule has 1 atom stereocenters. The third kappa shape index (κ3) is 3.09. The molecule has 0 aromatic carbocycles. The minimum absolute atomic E-state index is 0.0381. The number of methoxy groups -OCH3 is 1. The zero-order valence-electron chi connectivity index (χ0n) is 14.9. The molecule has 1 spiro atoms. The van der Waals surface area contributed by atoms with E-state index in [0.717, 1.165) is 38.4 Å². The Morgan fingerprint density at radius 1 is 1.25 bits per heavy atom. The lowest BCUT2D eigenvalue weighted by atomic mass is 9.85. The van der Waals surface area contributed by atoms with Gasteiger partial charge in [-0.1, -0.05) is 12.2 Å². The summed E-state index contributed by atoms with van der Waals surface area (Å²) in [5, 5.41) is 0. The van der Waals surface area contributed by atoms with Crippen LogP contribution in [0.15, 0.2) is 12.2 Å². The Labute approximate surface area is 144 Å². The SMILES string of the molecule is COCCN1C(=O)N(C)C(=O)C12CCN(C[C@@H]1CC=CCC1)CC2. The molecule has 3 amide bonds. The molecule has 6 nitrogen and oxygen atoms in total. The molecule has 0 bridgehead atoms. The van der Waals surface area contributed by atoms with E-state index >= 15 is 0 Å². The van der Waals surface area contributed by atoms with Crippen LogP contribution in [0.3, 0.4) is 0 Å². The van der Waals surface area contributed by atoms with Gasteiger partial charge in [0.05, 0.1) is 6.61 Å². The number of nitrogens with zero attached hydrogens (tertiary/aromatic N) is 3. The average Bonchev–Trinajstić information content (AvgIpc) is 2.78. The highest BCUT2D eigenvalue weighted by Crippen LogP contribution is 2.37. The number of likely N-dealkylation sites (tertiary alicyclic amines) is 1. The van der Waals surface area contributed by atoms with Gasteiger partial charge >= 0.3 is 6.03 Å². The fourth-order valence-corrected chi connectivity index (χ4v) is 4.35. The number of imide groups is 1. The number of hydrogen-bond acceptors (Lipinski definition) is 4. The summed E-state index contributed by atoms with van der Waals surface area (Å²) in [6, 6.07) is -0.178. The van der Waals surface area contributed by atoms with Crippen molar-refractivity contribution in [3.05, 3.63) is 12.2 Å². The molecule has 0 aromatic rings. The number of rotatable bonds is 5. The van der Waals surface area contributed by atoms with E-state index in [0.29, 0.717) is 13.2 Å². The van der Waals surface area contributed by atoms with E-state index in [1.54, 1.807) is 19.1 Å². The molecule has 2 heterocycles. The molecule has 6 heteroatoms. The topological polar surface area (TPSA) is 53.1 Å². The molecule has 2 saturated heterocycles. The molecule has 0 aromatic heterocycles. The molecule has 3 aliphatic rings. The molecule has 0 N–H and O–H groups in total. The van der Waals surface area contributed by atoms with Gasteiger partial charge in [0.1, 0.15) is 5.54 Å². The van der Waals surface area contributed by atoms with Crippen LogP contribution in [-0.2, 0) is 9.53 Å². The molecule has 1 aliphatic carbocycles. The van der Waals surface area contributed by atoms with Gasteiger partial charge in [0.25, 0.3) is 5.91 Å². The Kier molecular flexibility index (Phi) is 5.25. The smallest absolute Gasteiger partial charge is 0.327 e. The van der Waals surface area contributed by atoms with Crippen LogP contribution in [0.2, 0.25) is 0 Å². The summed E-state index contributed by atoms with van der Waals surface area (Å²) in [5.41, 5.74) is -0.646. The Morgan fingerprint density at radius 3 is 2.62 bits per heavy atom. The van der Waals surface area contributed by atoms with Gasteiger partial charge in [0.15, 0.2) is 0 Å². The Balaban J connectivity index is 1.64. The number of urea groups is 1. The van der Waals surface area contributed by atoms with Crippen LogP contribution in [0.5, 0.6) is 0 Å². The molecular formula is C18H29N3O3. The summed E-state index contributed by atoms with van der Waals surface area (Å²) in [7, 11) is 3.22. The standard InChI is InChI=1S/C18H29N3O3/c1-19-16(22)18(21(17(19)23)12-13-24-2)8-10-20(11-9-18)14-15-6-4-3-5-7-15/h3-4,15H,5-14H2,1-2H3/t15-/m1/s1. The van der Waals surface area contributed by atoms with Crippen molar-refractivity contribution in [2.24, 2.45) is 5.92 Å². The normalized spacial score (nSPS) is 27.5. The van der Waals surface area contributed by atoms with Crippen LogP contribution in [0, 0.1) is 5.92 Å². The highest BCUT2D eigenvalue weighted by molar-refractivity contribution is 6.06. The van der Waals surface area contributed by atoms with Crippen molar-refractivity contribution in [1.29, 1.82) is 0 Å². The predicted octanol–water partition coefficient (Wildman–Crippen LogP) is 1.72. The molecular weight excluding hydrogens is 306 g/mol. The minimum atomic E-state index is -0.646. The van der Waals surface area contributed by atoms with Gasteiger partial charge in [-0.25, -0.2) is 4.79 Å². The van der Waals surface area contributed by atoms with Crippen molar-refractivity contribution in [3.8, 4) is 0 Å². The molecule has 134 valence electrons. The Morgan fingerprint density at radius 2 is 2.00 bits per heavy atom. The fraction of sp³-hybridized carbons (Fsp3) is 0.778. The zero-order chi connectivity index (χ0) is 17.2. The average molecular weight is 335 g/mol. The van der Waals surface area contributed by atoms with Crippen LogP contribution >= 0.6 is 0 Å².